The number of amides is 2. The first-order valence-electron chi connectivity index (χ1n) is 11.8. The van der Waals surface area contributed by atoms with Crippen LogP contribution in [-0.2, 0) is 14.3 Å². The van der Waals surface area contributed by atoms with Crippen molar-refractivity contribution < 1.29 is 24.2 Å². The molecule has 4 rings (SSSR count). The third-order valence-corrected chi connectivity index (χ3v) is 6.97. The lowest BCUT2D eigenvalue weighted by atomic mass is 9.90. The van der Waals surface area contributed by atoms with Crippen LogP contribution in [0.25, 0.3) is 11.1 Å². The maximum Gasteiger partial charge on any atom is 0.407 e. The third-order valence-electron chi connectivity index (χ3n) is 6.97. The van der Waals surface area contributed by atoms with Crippen LogP contribution in [0.5, 0.6) is 0 Å². The topological polar surface area (TPSA) is 105 Å². The van der Waals surface area contributed by atoms with Crippen LogP contribution in [-0.4, -0.2) is 41.3 Å². The molecule has 2 aliphatic rings. The summed E-state index contributed by atoms with van der Waals surface area (Å²) in [5.74, 6) is -1.48. The minimum atomic E-state index is -0.958. The Morgan fingerprint density at radius 1 is 1.03 bits per heavy atom. The van der Waals surface area contributed by atoms with Gasteiger partial charge in [0, 0.05) is 5.92 Å². The zero-order valence-corrected chi connectivity index (χ0v) is 19.8. The van der Waals surface area contributed by atoms with Crippen molar-refractivity contribution in [1.82, 2.24) is 10.6 Å². The molecule has 0 aromatic heterocycles. The highest BCUT2D eigenvalue weighted by Gasteiger charge is 2.45. The number of hydrogen-bond donors (Lipinski definition) is 3. The summed E-state index contributed by atoms with van der Waals surface area (Å²) < 4.78 is 5.60. The summed E-state index contributed by atoms with van der Waals surface area (Å²) in [5, 5.41) is 14.9. The Morgan fingerprint density at radius 3 is 2.09 bits per heavy atom. The normalized spacial score (nSPS) is 17.3. The van der Waals surface area contributed by atoms with E-state index in [0.717, 1.165) is 35.1 Å². The van der Waals surface area contributed by atoms with E-state index in [4.69, 9.17) is 4.74 Å². The zero-order valence-electron chi connectivity index (χ0n) is 19.8. The first-order valence-corrected chi connectivity index (χ1v) is 11.8. The van der Waals surface area contributed by atoms with E-state index >= 15 is 0 Å². The van der Waals surface area contributed by atoms with Gasteiger partial charge in [-0.25, -0.2) is 4.79 Å². The van der Waals surface area contributed by atoms with Gasteiger partial charge in [0.1, 0.15) is 12.6 Å². The number of rotatable bonds is 9. The molecule has 0 bridgehead atoms. The highest BCUT2D eigenvalue weighted by molar-refractivity contribution is 5.87. The average molecular weight is 465 g/mol. The van der Waals surface area contributed by atoms with Gasteiger partial charge in [0.15, 0.2) is 0 Å². The van der Waals surface area contributed by atoms with Gasteiger partial charge < -0.3 is 20.5 Å². The molecule has 0 spiro atoms. The number of alkyl carbamates (subject to hydrolysis) is 1. The number of aliphatic carboxylic acids is 1. The number of carbonyl (C=O) groups excluding carboxylic acids is 2. The van der Waals surface area contributed by atoms with Gasteiger partial charge in [-0.05, 0) is 53.9 Å². The molecule has 34 heavy (non-hydrogen) atoms. The summed E-state index contributed by atoms with van der Waals surface area (Å²) in [5.41, 5.74) is 3.68. The van der Waals surface area contributed by atoms with Gasteiger partial charge in [-0.15, -0.1) is 0 Å². The van der Waals surface area contributed by atoms with Crippen LogP contribution < -0.4 is 10.6 Å². The van der Waals surface area contributed by atoms with Crippen molar-refractivity contribution in [3.05, 3.63) is 59.7 Å². The van der Waals surface area contributed by atoms with Crippen LogP contribution in [0.3, 0.4) is 0 Å². The molecule has 3 N–H and O–H groups in total. The largest absolute Gasteiger partial charge is 0.481 e. The molecule has 2 aromatic carbocycles. The molecule has 1 saturated carbocycles. The van der Waals surface area contributed by atoms with Crippen LogP contribution in [0.15, 0.2) is 48.5 Å². The lowest BCUT2D eigenvalue weighted by Crippen LogP contribution is -2.57. The Labute approximate surface area is 199 Å². The number of benzene rings is 2. The van der Waals surface area contributed by atoms with Gasteiger partial charge in [-0.1, -0.05) is 62.4 Å². The number of carbonyl (C=O) groups is 3. The fourth-order valence-electron chi connectivity index (χ4n) is 4.99. The molecule has 0 radical (unpaired) electrons. The third kappa shape index (κ3) is 4.93. The first-order chi connectivity index (χ1) is 16.2. The highest BCUT2D eigenvalue weighted by atomic mass is 16.5. The number of carboxylic acids is 1. The van der Waals surface area contributed by atoms with E-state index in [2.05, 4.69) is 22.8 Å². The summed E-state index contributed by atoms with van der Waals surface area (Å²) >= 11 is 0. The van der Waals surface area contributed by atoms with Crippen LogP contribution in [0, 0.1) is 11.8 Å². The molecule has 7 heteroatoms. The summed E-state index contributed by atoms with van der Waals surface area (Å²) in [7, 11) is 0. The Balaban J connectivity index is 1.41. The zero-order chi connectivity index (χ0) is 24.5. The molecule has 2 aromatic rings. The van der Waals surface area contributed by atoms with Gasteiger partial charge in [0.2, 0.25) is 5.91 Å². The molecule has 2 unspecified atom stereocenters. The number of nitrogens with one attached hydrogen (secondary N) is 2. The standard InChI is InChI=1S/C27H32N2O5/c1-16(2)24(25(32)29-27(3,14-23(30)31)17-12-13-17)28-26(33)34-15-22-20-10-6-4-8-18(20)19-9-5-7-11-21(19)22/h4-11,16-17,22,24H,12-15H2,1-3H3,(H,28,33)(H,29,32)(H,30,31). The molecule has 2 atom stereocenters. The smallest absolute Gasteiger partial charge is 0.407 e. The Morgan fingerprint density at radius 2 is 1.59 bits per heavy atom. The Hall–Kier alpha value is -3.35. The van der Waals surface area contributed by atoms with E-state index in [1.807, 2.05) is 50.2 Å². The summed E-state index contributed by atoms with van der Waals surface area (Å²) in [6.07, 6.45) is 0.952. The minimum absolute atomic E-state index is 0.0711. The predicted octanol–water partition coefficient (Wildman–Crippen LogP) is 4.31. The lowest BCUT2D eigenvalue weighted by molar-refractivity contribution is -0.139. The minimum Gasteiger partial charge on any atom is -0.481 e. The van der Waals surface area contributed by atoms with Crippen LogP contribution >= 0.6 is 0 Å². The van der Waals surface area contributed by atoms with Gasteiger partial charge in [0.25, 0.3) is 0 Å². The molecular formula is C27H32N2O5. The number of ether oxygens (including phenoxy) is 1. The molecule has 7 nitrogen and oxygen atoms in total. The Bertz CT molecular complexity index is 1050. The monoisotopic (exact) mass is 464 g/mol. The predicted molar refractivity (Wildman–Crippen MR) is 128 cm³/mol. The fraction of sp³-hybridized carbons (Fsp3) is 0.444. The van der Waals surface area contributed by atoms with E-state index in [1.165, 1.54) is 0 Å². The van der Waals surface area contributed by atoms with Gasteiger partial charge in [-0.2, -0.15) is 0 Å². The molecule has 0 heterocycles. The summed E-state index contributed by atoms with van der Waals surface area (Å²) in [6, 6.07) is 15.4. The second kappa shape index (κ2) is 9.49. The maximum absolute atomic E-state index is 13.1. The summed E-state index contributed by atoms with van der Waals surface area (Å²) in [4.78, 5) is 37.1. The van der Waals surface area contributed by atoms with Gasteiger partial charge in [-0.3, -0.25) is 9.59 Å². The van der Waals surface area contributed by atoms with Crippen molar-refractivity contribution in [3.8, 4) is 11.1 Å². The van der Waals surface area contributed by atoms with Gasteiger partial charge in [0.05, 0.1) is 12.0 Å². The van der Waals surface area contributed by atoms with E-state index in [-0.39, 0.29) is 36.7 Å². The number of hydrogen-bond acceptors (Lipinski definition) is 4. The Kier molecular flexibility index (Phi) is 6.64. The fourth-order valence-corrected chi connectivity index (χ4v) is 4.99. The first kappa shape index (κ1) is 23.8. The molecule has 0 saturated heterocycles. The second-order valence-corrected chi connectivity index (χ2v) is 9.94. The molecule has 1 fully saturated rings. The molecule has 0 aliphatic heterocycles. The van der Waals surface area contributed by atoms with E-state index in [9.17, 15) is 19.5 Å². The lowest BCUT2D eigenvalue weighted by Gasteiger charge is -2.32. The summed E-state index contributed by atoms with van der Waals surface area (Å²) in [6.45, 7) is 5.59. The van der Waals surface area contributed by atoms with Crippen molar-refractivity contribution in [2.24, 2.45) is 11.8 Å². The van der Waals surface area contributed by atoms with Crippen molar-refractivity contribution in [2.75, 3.05) is 6.61 Å². The quantitative estimate of drug-likeness (QED) is 0.513. The van der Waals surface area contributed by atoms with Gasteiger partial charge >= 0.3 is 12.1 Å². The van der Waals surface area contributed by atoms with Crippen LogP contribution in [0.4, 0.5) is 4.79 Å². The number of fused-ring (bicyclic) bond motifs is 3. The highest BCUT2D eigenvalue weighted by Crippen LogP contribution is 2.44. The van der Waals surface area contributed by atoms with Crippen molar-refractivity contribution in [2.45, 2.75) is 57.5 Å². The average Bonchev–Trinajstić information content (AvgIpc) is 3.59. The molecule has 2 amide bonds. The molecule has 2 aliphatic carbocycles. The van der Waals surface area contributed by atoms with Crippen LogP contribution in [0.2, 0.25) is 0 Å². The van der Waals surface area contributed by atoms with E-state index < -0.39 is 23.6 Å². The number of carboxylic acid groups (broad SMARTS) is 1. The molecular weight excluding hydrogens is 432 g/mol. The second-order valence-electron chi connectivity index (χ2n) is 9.94. The van der Waals surface area contributed by atoms with Crippen molar-refractivity contribution >= 4 is 18.0 Å². The maximum atomic E-state index is 13.1. The van der Waals surface area contributed by atoms with Crippen molar-refractivity contribution in [1.29, 1.82) is 0 Å². The SMILES string of the molecule is CC(C)C(NC(=O)OCC1c2ccccc2-c2ccccc21)C(=O)NC(C)(CC(=O)O)C1CC1. The van der Waals surface area contributed by atoms with E-state index in [0.29, 0.717) is 0 Å². The molecule has 180 valence electrons. The van der Waals surface area contributed by atoms with Crippen molar-refractivity contribution in [3.63, 3.8) is 0 Å². The van der Waals surface area contributed by atoms with E-state index in [1.54, 1.807) is 6.92 Å². The van der Waals surface area contributed by atoms with Crippen LogP contribution in [0.1, 0.15) is 57.1 Å².